The lowest BCUT2D eigenvalue weighted by Crippen LogP contribution is -2.34. The van der Waals surface area contributed by atoms with Gasteiger partial charge in [0.15, 0.2) is 0 Å². The van der Waals surface area contributed by atoms with Crippen molar-refractivity contribution in [2.24, 2.45) is 5.92 Å². The first-order valence-electron chi connectivity index (χ1n) is 14.0. The van der Waals surface area contributed by atoms with Gasteiger partial charge in [-0.3, -0.25) is 9.59 Å². The first kappa shape index (κ1) is 26.7. The van der Waals surface area contributed by atoms with E-state index in [1.54, 1.807) is 24.3 Å². The predicted molar refractivity (Wildman–Crippen MR) is 149 cm³/mol. The van der Waals surface area contributed by atoms with Gasteiger partial charge in [0.2, 0.25) is 11.8 Å². The molecule has 0 saturated carbocycles. The minimum atomic E-state index is 0.137. The monoisotopic (exact) mass is 538 g/mol. The summed E-state index contributed by atoms with van der Waals surface area (Å²) >= 11 is 1.98. The van der Waals surface area contributed by atoms with Gasteiger partial charge in [-0.2, -0.15) is 11.8 Å². The minimum Gasteiger partial charge on any atom is -0.508 e. The number of phenols is 2. The smallest absolute Gasteiger partial charge is 0.220 e. The largest absolute Gasteiger partial charge is 0.508 e. The number of hydrogen-bond donors (Lipinski definition) is 4. The molecule has 4 N–H and O–H groups in total. The standard InChI is InChI=1S/C30H38N2O5S/c33-20-10-12-23-22(24-13-11-21(34)17-26(24)37-25(23)16-20)7-3-1-2-6-14-31-28(35)9-5-4-8-27-30-19(18-38-27)15-29(36)32-30/h10-13,16-17,19,22,27,30,33-34H,1-9,14-15,18H2,(H,31,35)(H,32,36). The fourth-order valence-electron chi connectivity index (χ4n) is 6.07. The number of hydrogen-bond acceptors (Lipinski definition) is 6. The molecule has 2 fully saturated rings. The molecule has 0 aromatic heterocycles. The van der Waals surface area contributed by atoms with E-state index in [2.05, 4.69) is 10.6 Å². The van der Waals surface area contributed by atoms with Gasteiger partial charge in [0.1, 0.15) is 23.0 Å². The average molecular weight is 539 g/mol. The van der Waals surface area contributed by atoms with Gasteiger partial charge < -0.3 is 25.6 Å². The zero-order chi connectivity index (χ0) is 26.5. The van der Waals surface area contributed by atoms with E-state index >= 15 is 0 Å². The molecule has 3 heterocycles. The molecular formula is C30H38N2O5S. The van der Waals surface area contributed by atoms with Crippen LogP contribution in [0.1, 0.15) is 81.3 Å². The number of carbonyl (C=O) groups is 2. The molecule has 3 aliphatic rings. The van der Waals surface area contributed by atoms with Crippen LogP contribution in [0.4, 0.5) is 0 Å². The minimum absolute atomic E-state index is 0.137. The summed E-state index contributed by atoms with van der Waals surface area (Å²) in [6.45, 7) is 0.717. The summed E-state index contributed by atoms with van der Waals surface area (Å²) < 4.78 is 5.96. The molecular weight excluding hydrogens is 500 g/mol. The lowest BCUT2D eigenvalue weighted by Gasteiger charge is -2.28. The number of aromatic hydroxyl groups is 2. The molecule has 5 rings (SSSR count). The van der Waals surface area contributed by atoms with Gasteiger partial charge in [-0.25, -0.2) is 0 Å². The Morgan fingerprint density at radius 1 is 0.947 bits per heavy atom. The third kappa shape index (κ3) is 6.40. The fraction of sp³-hybridized carbons (Fsp3) is 0.533. The van der Waals surface area contributed by atoms with Crippen LogP contribution in [0.2, 0.25) is 0 Å². The highest BCUT2D eigenvalue weighted by Gasteiger charge is 2.42. The molecule has 8 heteroatoms. The van der Waals surface area contributed by atoms with E-state index in [1.165, 1.54) is 0 Å². The maximum Gasteiger partial charge on any atom is 0.220 e. The van der Waals surface area contributed by atoms with Gasteiger partial charge in [-0.15, -0.1) is 0 Å². The van der Waals surface area contributed by atoms with Gasteiger partial charge in [0, 0.05) is 59.9 Å². The van der Waals surface area contributed by atoms with Crippen molar-refractivity contribution in [1.29, 1.82) is 0 Å². The molecule has 7 nitrogen and oxygen atoms in total. The number of rotatable bonds is 12. The first-order valence-corrected chi connectivity index (χ1v) is 15.0. The highest BCUT2D eigenvalue weighted by atomic mass is 32.2. The number of carbonyl (C=O) groups excluding carboxylic acids is 2. The summed E-state index contributed by atoms with van der Waals surface area (Å²) in [5, 5.41) is 26.5. The van der Waals surface area contributed by atoms with Crippen molar-refractivity contribution < 1.29 is 24.5 Å². The maximum absolute atomic E-state index is 12.2. The van der Waals surface area contributed by atoms with E-state index in [1.807, 2.05) is 23.9 Å². The summed E-state index contributed by atoms with van der Waals surface area (Å²) in [6, 6.07) is 10.9. The summed E-state index contributed by atoms with van der Waals surface area (Å²) in [6.07, 6.45) is 9.36. The van der Waals surface area contributed by atoms with Crippen molar-refractivity contribution in [3.8, 4) is 23.0 Å². The zero-order valence-corrected chi connectivity index (χ0v) is 22.6. The van der Waals surface area contributed by atoms with Crippen molar-refractivity contribution in [3.05, 3.63) is 47.5 Å². The lowest BCUT2D eigenvalue weighted by molar-refractivity contribution is -0.121. The van der Waals surface area contributed by atoms with Crippen LogP contribution in [0.5, 0.6) is 23.0 Å². The van der Waals surface area contributed by atoms with Crippen molar-refractivity contribution >= 4 is 23.6 Å². The van der Waals surface area contributed by atoms with E-state index in [-0.39, 0.29) is 29.2 Å². The second-order valence-electron chi connectivity index (χ2n) is 10.8. The predicted octanol–water partition coefficient (Wildman–Crippen LogP) is 5.58. The maximum atomic E-state index is 12.2. The Balaban J connectivity index is 0.961. The topological polar surface area (TPSA) is 108 Å². The summed E-state index contributed by atoms with van der Waals surface area (Å²) in [5.41, 5.74) is 2.13. The van der Waals surface area contributed by atoms with Gasteiger partial charge in [0.25, 0.3) is 0 Å². The van der Waals surface area contributed by atoms with Gasteiger partial charge in [-0.1, -0.05) is 37.8 Å². The van der Waals surface area contributed by atoms with Crippen molar-refractivity contribution in [1.82, 2.24) is 10.6 Å². The number of amides is 2. The van der Waals surface area contributed by atoms with Crippen LogP contribution < -0.4 is 15.4 Å². The summed E-state index contributed by atoms with van der Waals surface area (Å²) in [7, 11) is 0. The number of ether oxygens (including phenoxy) is 1. The number of unbranched alkanes of at least 4 members (excludes halogenated alkanes) is 4. The Kier molecular flexibility index (Phi) is 8.67. The van der Waals surface area contributed by atoms with Crippen LogP contribution >= 0.6 is 11.8 Å². The van der Waals surface area contributed by atoms with E-state index in [0.29, 0.717) is 48.1 Å². The van der Waals surface area contributed by atoms with Crippen molar-refractivity contribution in [3.63, 3.8) is 0 Å². The van der Waals surface area contributed by atoms with E-state index < -0.39 is 0 Å². The molecule has 38 heavy (non-hydrogen) atoms. The van der Waals surface area contributed by atoms with Crippen LogP contribution in [0.15, 0.2) is 36.4 Å². The van der Waals surface area contributed by atoms with E-state index in [9.17, 15) is 19.8 Å². The molecule has 3 unspecified atom stereocenters. The highest BCUT2D eigenvalue weighted by molar-refractivity contribution is 8.00. The molecule has 2 aromatic rings. The van der Waals surface area contributed by atoms with Crippen LogP contribution in [-0.4, -0.2) is 45.6 Å². The summed E-state index contributed by atoms with van der Waals surface area (Å²) in [4.78, 5) is 23.8. The zero-order valence-electron chi connectivity index (χ0n) is 21.8. The SMILES string of the molecule is O=C(CCCCC1SCC2CC(=O)NC21)NCCCCCCC1c2ccc(O)cc2Oc2cc(O)ccc21. The fourth-order valence-corrected chi connectivity index (χ4v) is 7.72. The number of thioether (sulfide) groups is 1. The third-order valence-electron chi connectivity index (χ3n) is 8.06. The van der Waals surface area contributed by atoms with Crippen LogP contribution in [0, 0.1) is 5.92 Å². The van der Waals surface area contributed by atoms with Crippen LogP contribution in [0.3, 0.4) is 0 Å². The van der Waals surface area contributed by atoms with E-state index in [4.69, 9.17) is 4.74 Å². The molecule has 3 aliphatic heterocycles. The van der Waals surface area contributed by atoms with E-state index in [0.717, 1.165) is 68.2 Å². The number of fused-ring (bicyclic) bond motifs is 3. The van der Waals surface area contributed by atoms with Gasteiger partial charge in [-0.05, 0) is 49.5 Å². The normalized spacial score (nSPS) is 21.8. The summed E-state index contributed by atoms with van der Waals surface area (Å²) in [5.74, 6) is 3.71. The molecule has 2 amide bonds. The quantitative estimate of drug-likeness (QED) is 0.263. The molecule has 0 bridgehead atoms. The Hall–Kier alpha value is -2.87. The molecule has 0 spiro atoms. The molecule has 204 valence electrons. The first-order chi connectivity index (χ1) is 18.5. The van der Waals surface area contributed by atoms with Crippen LogP contribution in [-0.2, 0) is 9.59 Å². The molecule has 0 radical (unpaired) electrons. The van der Waals surface area contributed by atoms with Crippen molar-refractivity contribution in [2.75, 3.05) is 12.3 Å². The Bertz CT molecular complexity index is 1100. The second-order valence-corrected chi connectivity index (χ2v) is 12.1. The second kappa shape index (κ2) is 12.3. The Morgan fingerprint density at radius 3 is 2.37 bits per heavy atom. The molecule has 0 aliphatic carbocycles. The number of benzene rings is 2. The van der Waals surface area contributed by atoms with Gasteiger partial charge >= 0.3 is 0 Å². The number of nitrogens with one attached hydrogen (secondary N) is 2. The Morgan fingerprint density at radius 2 is 1.63 bits per heavy atom. The van der Waals surface area contributed by atoms with Crippen molar-refractivity contribution in [2.45, 2.75) is 81.4 Å². The lowest BCUT2D eigenvalue weighted by atomic mass is 9.84. The third-order valence-corrected chi connectivity index (χ3v) is 9.63. The molecule has 3 atom stereocenters. The van der Waals surface area contributed by atoms with Crippen LogP contribution in [0.25, 0.3) is 0 Å². The average Bonchev–Trinajstić information content (AvgIpc) is 3.44. The highest BCUT2D eigenvalue weighted by Crippen LogP contribution is 2.48. The molecule has 2 saturated heterocycles. The molecule has 2 aromatic carbocycles. The Labute approximate surface area is 228 Å². The number of phenolic OH excluding ortho intramolecular Hbond substituents is 2. The van der Waals surface area contributed by atoms with Gasteiger partial charge in [0.05, 0.1) is 0 Å².